The Balaban J connectivity index is 1.70. The minimum Gasteiger partial charge on any atom is -0.375 e. The molecule has 0 aliphatic carbocycles. The van der Waals surface area contributed by atoms with Crippen molar-refractivity contribution in [1.29, 1.82) is 0 Å². The summed E-state index contributed by atoms with van der Waals surface area (Å²) in [6.07, 6.45) is 2.95. The minimum absolute atomic E-state index is 0.0530. The van der Waals surface area contributed by atoms with E-state index in [-0.39, 0.29) is 17.5 Å². The summed E-state index contributed by atoms with van der Waals surface area (Å²) in [5.41, 5.74) is 6.74. The molecule has 19 heavy (non-hydrogen) atoms. The number of anilines is 1. The number of likely N-dealkylation sites (tertiary alicyclic amines) is 1. The molecule has 0 bridgehead atoms. The number of ether oxygens (including phenoxy) is 1. The molecular weight excluding hydrogens is 244 g/mol. The van der Waals surface area contributed by atoms with Crippen molar-refractivity contribution in [2.45, 2.75) is 31.8 Å². The molecule has 2 fully saturated rings. The van der Waals surface area contributed by atoms with Crippen LogP contribution in [0.3, 0.4) is 0 Å². The summed E-state index contributed by atoms with van der Waals surface area (Å²) in [6.45, 7) is 4.11. The molecule has 102 valence electrons. The fourth-order valence-electron chi connectivity index (χ4n) is 2.77. The van der Waals surface area contributed by atoms with Crippen molar-refractivity contribution in [3.05, 3.63) is 17.5 Å². The molecule has 0 radical (unpaired) electrons. The molecule has 1 amide bonds. The van der Waals surface area contributed by atoms with Crippen molar-refractivity contribution in [3.8, 4) is 0 Å². The maximum atomic E-state index is 12.4. The summed E-state index contributed by atoms with van der Waals surface area (Å²) in [7, 11) is 0. The smallest absolute Gasteiger partial charge is 0.272 e. The number of hydrogen-bond acceptors (Lipinski definition) is 5. The highest BCUT2D eigenvalue weighted by Crippen LogP contribution is 2.36. The van der Waals surface area contributed by atoms with E-state index >= 15 is 0 Å². The van der Waals surface area contributed by atoms with Crippen LogP contribution in [0.25, 0.3) is 0 Å². The van der Waals surface area contributed by atoms with E-state index in [9.17, 15) is 4.79 Å². The van der Waals surface area contributed by atoms with Crippen LogP contribution in [0.1, 0.15) is 35.4 Å². The third kappa shape index (κ3) is 2.28. The maximum Gasteiger partial charge on any atom is 0.272 e. The number of carbonyl (C=O) groups is 1. The summed E-state index contributed by atoms with van der Waals surface area (Å²) in [6, 6.07) is 1.68. The van der Waals surface area contributed by atoms with E-state index in [1.807, 2.05) is 11.8 Å². The fourth-order valence-corrected chi connectivity index (χ4v) is 2.77. The fraction of sp³-hybridized carbons (Fsp3) is 0.615. The van der Waals surface area contributed by atoms with Gasteiger partial charge in [-0.25, -0.2) is 9.97 Å². The first kappa shape index (κ1) is 12.3. The number of carbonyl (C=O) groups excluding carboxylic acids is 1. The van der Waals surface area contributed by atoms with Gasteiger partial charge < -0.3 is 15.4 Å². The monoisotopic (exact) mass is 262 g/mol. The van der Waals surface area contributed by atoms with Crippen LogP contribution in [-0.2, 0) is 4.74 Å². The van der Waals surface area contributed by atoms with Crippen LogP contribution in [-0.4, -0.2) is 46.1 Å². The predicted octanol–water partition coefficient (Wildman–Crippen LogP) is 0.762. The summed E-state index contributed by atoms with van der Waals surface area (Å²) in [5, 5.41) is 0. The lowest BCUT2D eigenvalue weighted by atomic mass is 9.84. The van der Waals surface area contributed by atoms with Gasteiger partial charge in [-0.15, -0.1) is 0 Å². The second kappa shape index (κ2) is 4.45. The molecule has 2 aliphatic rings. The van der Waals surface area contributed by atoms with E-state index in [1.165, 1.54) is 0 Å². The highest BCUT2D eigenvalue weighted by molar-refractivity contribution is 5.92. The van der Waals surface area contributed by atoms with Gasteiger partial charge in [0.05, 0.1) is 12.2 Å². The number of piperidine rings is 1. The molecule has 2 N–H and O–H groups in total. The standard InChI is InChI=1S/C13H18N4O2/c1-9-8-10(16-12(14)15-9)11(18)17-5-2-13(3-6-17)4-7-19-13/h8H,2-7H2,1H3,(H2,14,15,16). The topological polar surface area (TPSA) is 81.3 Å². The number of rotatable bonds is 1. The van der Waals surface area contributed by atoms with Gasteiger partial charge in [-0.3, -0.25) is 4.79 Å². The first-order valence-corrected chi connectivity index (χ1v) is 6.62. The van der Waals surface area contributed by atoms with Crippen molar-refractivity contribution in [2.75, 3.05) is 25.4 Å². The Morgan fingerprint density at radius 3 is 2.58 bits per heavy atom. The Bertz CT molecular complexity index is 483. The molecule has 1 spiro atoms. The van der Waals surface area contributed by atoms with Crippen LogP contribution in [0.5, 0.6) is 0 Å². The molecule has 0 atom stereocenters. The van der Waals surface area contributed by atoms with Crippen LogP contribution >= 0.6 is 0 Å². The zero-order chi connectivity index (χ0) is 13.5. The van der Waals surface area contributed by atoms with Crippen LogP contribution < -0.4 is 5.73 Å². The highest BCUT2D eigenvalue weighted by Gasteiger charge is 2.42. The van der Waals surface area contributed by atoms with Crippen LogP contribution in [0.2, 0.25) is 0 Å². The Morgan fingerprint density at radius 2 is 2.05 bits per heavy atom. The van der Waals surface area contributed by atoms with Crippen LogP contribution in [0.15, 0.2) is 6.07 Å². The minimum atomic E-state index is -0.0635. The summed E-state index contributed by atoms with van der Waals surface area (Å²) < 4.78 is 5.65. The highest BCUT2D eigenvalue weighted by atomic mass is 16.5. The number of aromatic nitrogens is 2. The van der Waals surface area contributed by atoms with Crippen molar-refractivity contribution < 1.29 is 9.53 Å². The first-order chi connectivity index (χ1) is 9.08. The van der Waals surface area contributed by atoms with Crippen molar-refractivity contribution in [2.24, 2.45) is 0 Å². The third-order valence-electron chi connectivity index (χ3n) is 4.02. The lowest BCUT2D eigenvalue weighted by Gasteiger charge is -2.47. The molecule has 0 saturated carbocycles. The molecule has 3 rings (SSSR count). The maximum absolute atomic E-state index is 12.4. The molecule has 1 aromatic rings. The van der Waals surface area contributed by atoms with Gasteiger partial charge in [-0.05, 0) is 32.3 Å². The molecule has 3 heterocycles. The van der Waals surface area contributed by atoms with Gasteiger partial charge >= 0.3 is 0 Å². The summed E-state index contributed by atoms with van der Waals surface area (Å²) in [4.78, 5) is 22.2. The number of nitrogen functional groups attached to an aromatic ring is 1. The molecule has 0 aromatic carbocycles. The number of aryl methyl sites for hydroxylation is 1. The second-order valence-corrected chi connectivity index (χ2v) is 5.33. The molecular formula is C13H18N4O2. The van der Waals surface area contributed by atoms with Crippen molar-refractivity contribution in [1.82, 2.24) is 14.9 Å². The van der Waals surface area contributed by atoms with E-state index in [2.05, 4.69) is 9.97 Å². The molecule has 2 saturated heterocycles. The third-order valence-corrected chi connectivity index (χ3v) is 4.02. The SMILES string of the molecule is Cc1cc(C(=O)N2CCC3(CCO3)CC2)nc(N)n1. The Morgan fingerprint density at radius 1 is 1.37 bits per heavy atom. The van der Waals surface area contributed by atoms with Crippen molar-refractivity contribution in [3.63, 3.8) is 0 Å². The second-order valence-electron chi connectivity index (χ2n) is 5.33. The van der Waals surface area contributed by atoms with Gasteiger partial charge in [0.1, 0.15) is 5.69 Å². The average molecular weight is 262 g/mol. The van der Waals surface area contributed by atoms with Gasteiger partial charge in [0.2, 0.25) is 5.95 Å². The first-order valence-electron chi connectivity index (χ1n) is 6.62. The van der Waals surface area contributed by atoms with Crippen LogP contribution in [0, 0.1) is 6.92 Å². The quantitative estimate of drug-likeness (QED) is 0.808. The number of nitrogens with zero attached hydrogens (tertiary/aromatic N) is 3. The molecule has 6 nitrogen and oxygen atoms in total. The lowest BCUT2D eigenvalue weighted by molar-refractivity contribution is -0.169. The predicted molar refractivity (Wildman–Crippen MR) is 69.6 cm³/mol. The molecule has 2 aliphatic heterocycles. The zero-order valence-corrected chi connectivity index (χ0v) is 11.1. The van der Waals surface area contributed by atoms with Gasteiger partial charge in [0.25, 0.3) is 5.91 Å². The number of nitrogens with two attached hydrogens (primary N) is 1. The lowest BCUT2D eigenvalue weighted by Crippen LogP contribution is -2.53. The van der Waals surface area contributed by atoms with Gasteiger partial charge in [-0.2, -0.15) is 0 Å². The van der Waals surface area contributed by atoms with E-state index in [1.54, 1.807) is 6.07 Å². The Labute approximate surface area is 112 Å². The van der Waals surface area contributed by atoms with E-state index in [0.717, 1.165) is 39.0 Å². The normalized spacial score (nSPS) is 21.2. The summed E-state index contributed by atoms with van der Waals surface area (Å²) >= 11 is 0. The zero-order valence-electron chi connectivity index (χ0n) is 11.1. The molecule has 1 aromatic heterocycles. The Kier molecular flexibility index (Phi) is 2.89. The van der Waals surface area contributed by atoms with Gasteiger partial charge in [0, 0.05) is 18.8 Å². The number of amides is 1. The largest absolute Gasteiger partial charge is 0.375 e. The van der Waals surface area contributed by atoms with Gasteiger partial charge in [-0.1, -0.05) is 0 Å². The average Bonchev–Trinajstić information content (AvgIpc) is 2.35. The van der Waals surface area contributed by atoms with Gasteiger partial charge in [0.15, 0.2) is 0 Å². The van der Waals surface area contributed by atoms with Crippen molar-refractivity contribution >= 4 is 11.9 Å². The molecule has 6 heteroatoms. The number of hydrogen-bond donors (Lipinski definition) is 1. The Hall–Kier alpha value is -1.69. The summed E-state index contributed by atoms with van der Waals surface area (Å²) in [5.74, 6) is 0.0885. The van der Waals surface area contributed by atoms with E-state index < -0.39 is 0 Å². The van der Waals surface area contributed by atoms with Crippen LogP contribution in [0.4, 0.5) is 5.95 Å². The van der Waals surface area contributed by atoms with E-state index in [4.69, 9.17) is 10.5 Å². The molecule has 0 unspecified atom stereocenters. The van der Waals surface area contributed by atoms with E-state index in [0.29, 0.717) is 11.4 Å².